The number of hydrogen-bond donors (Lipinski definition) is 3. The first-order chi connectivity index (χ1) is 23.6. The van der Waals surface area contributed by atoms with Gasteiger partial charge in [-0.3, -0.25) is 24.6 Å². The number of rotatable bonds is 6. The van der Waals surface area contributed by atoms with E-state index in [0.717, 1.165) is 67.5 Å². The highest BCUT2D eigenvalue weighted by atomic mass is 16.5. The van der Waals surface area contributed by atoms with Crippen LogP contribution in [0.25, 0.3) is 0 Å². The molecule has 2 fully saturated rings. The van der Waals surface area contributed by atoms with Crippen molar-refractivity contribution in [1.82, 2.24) is 20.4 Å². The van der Waals surface area contributed by atoms with Crippen LogP contribution in [0.1, 0.15) is 158 Å². The Labute approximate surface area is 300 Å². The SMILES string of the molecule is CC1(C)CCCC1=O.CC1(C)CCc2c(C(=O)O)n[nH]c21.CCOC(=O)C(=O)C1CCC(C)(C)C1=O.CCOC(=O)c1n[nH]c2c1CCC2(C)C. The first kappa shape index (κ1) is 41.3. The molecule has 13 nitrogen and oxygen atoms in total. The summed E-state index contributed by atoms with van der Waals surface area (Å²) < 4.78 is 9.55. The lowest BCUT2D eigenvalue weighted by Crippen LogP contribution is -2.32. The van der Waals surface area contributed by atoms with Crippen LogP contribution in [0, 0.1) is 16.7 Å². The van der Waals surface area contributed by atoms with Crippen molar-refractivity contribution < 1.29 is 43.3 Å². The van der Waals surface area contributed by atoms with Crippen LogP contribution in [0.5, 0.6) is 0 Å². The molecule has 13 heteroatoms. The van der Waals surface area contributed by atoms with Crippen LogP contribution in [0.2, 0.25) is 0 Å². The van der Waals surface area contributed by atoms with Gasteiger partial charge in [-0.1, -0.05) is 55.4 Å². The Kier molecular flexibility index (Phi) is 13.0. The molecular weight excluding hydrogens is 656 g/mol. The molecule has 4 aliphatic rings. The minimum Gasteiger partial charge on any atom is -0.476 e. The van der Waals surface area contributed by atoms with Crippen molar-refractivity contribution in [2.24, 2.45) is 16.7 Å². The molecule has 2 aromatic heterocycles. The molecule has 0 radical (unpaired) electrons. The average molecular weight is 713 g/mol. The Morgan fingerprint density at radius 2 is 1.22 bits per heavy atom. The normalized spacial score (nSPS) is 21.1. The zero-order valence-corrected chi connectivity index (χ0v) is 32.0. The van der Waals surface area contributed by atoms with Gasteiger partial charge in [0, 0.05) is 50.6 Å². The van der Waals surface area contributed by atoms with Crippen LogP contribution in [-0.2, 0) is 52.3 Å². The molecule has 0 amide bonds. The van der Waals surface area contributed by atoms with E-state index in [1.54, 1.807) is 27.7 Å². The van der Waals surface area contributed by atoms with Crippen LogP contribution in [-0.4, -0.2) is 74.0 Å². The number of carbonyl (C=O) groups excluding carboxylic acids is 5. The number of Topliss-reactive ketones (excluding diaryl/α,β-unsaturated/α-hetero) is 3. The maximum Gasteiger partial charge on any atom is 0.375 e. The summed E-state index contributed by atoms with van der Waals surface area (Å²) in [5.41, 5.74) is 4.36. The van der Waals surface area contributed by atoms with E-state index in [9.17, 15) is 28.8 Å². The number of aromatic nitrogens is 4. The largest absolute Gasteiger partial charge is 0.476 e. The molecule has 2 aromatic rings. The number of hydrogen-bond acceptors (Lipinski definition) is 10. The highest BCUT2D eigenvalue weighted by Crippen LogP contribution is 2.40. The van der Waals surface area contributed by atoms with Crippen molar-refractivity contribution >= 4 is 35.3 Å². The second kappa shape index (κ2) is 16.0. The number of aromatic carboxylic acids is 1. The van der Waals surface area contributed by atoms with Gasteiger partial charge in [0.2, 0.25) is 5.78 Å². The molecule has 2 heterocycles. The van der Waals surface area contributed by atoms with Gasteiger partial charge < -0.3 is 14.6 Å². The Morgan fingerprint density at radius 3 is 1.61 bits per heavy atom. The Balaban J connectivity index is 0.000000188. The van der Waals surface area contributed by atoms with Gasteiger partial charge in [0.1, 0.15) is 11.6 Å². The van der Waals surface area contributed by atoms with E-state index in [2.05, 4.69) is 52.8 Å². The Morgan fingerprint density at radius 1 is 0.706 bits per heavy atom. The van der Waals surface area contributed by atoms with Gasteiger partial charge in [0.15, 0.2) is 11.4 Å². The van der Waals surface area contributed by atoms with E-state index in [0.29, 0.717) is 30.9 Å². The number of aromatic amines is 2. The number of esters is 2. The summed E-state index contributed by atoms with van der Waals surface area (Å²) in [7, 11) is 0. The third kappa shape index (κ3) is 9.39. The fourth-order valence-corrected chi connectivity index (χ4v) is 7.00. The Bertz CT molecular complexity index is 1640. The van der Waals surface area contributed by atoms with Crippen molar-refractivity contribution in [3.8, 4) is 0 Å². The highest BCUT2D eigenvalue weighted by Gasteiger charge is 2.46. The van der Waals surface area contributed by atoms with Gasteiger partial charge in [-0.2, -0.15) is 10.2 Å². The number of nitrogens with zero attached hydrogens (tertiary/aromatic N) is 2. The molecule has 1 atom stereocenters. The lowest BCUT2D eigenvalue weighted by atomic mass is 9.88. The zero-order chi connectivity index (χ0) is 38.5. The summed E-state index contributed by atoms with van der Waals surface area (Å²) in [6.45, 7) is 20.2. The van der Waals surface area contributed by atoms with Crippen molar-refractivity contribution in [3.63, 3.8) is 0 Å². The summed E-state index contributed by atoms with van der Waals surface area (Å²) in [6, 6.07) is 0. The minimum atomic E-state index is -0.935. The molecule has 2 saturated carbocycles. The molecule has 3 N–H and O–H groups in total. The molecule has 1 unspecified atom stereocenters. The Hall–Kier alpha value is -4.16. The van der Waals surface area contributed by atoms with Crippen molar-refractivity contribution in [3.05, 3.63) is 33.9 Å². The molecular formula is C38H56N4O9. The van der Waals surface area contributed by atoms with Gasteiger partial charge in [-0.15, -0.1) is 0 Å². The number of carbonyl (C=O) groups is 6. The van der Waals surface area contributed by atoms with Gasteiger partial charge in [-0.25, -0.2) is 14.4 Å². The smallest absolute Gasteiger partial charge is 0.375 e. The maximum absolute atomic E-state index is 11.7. The third-order valence-corrected chi connectivity index (χ3v) is 10.6. The summed E-state index contributed by atoms with van der Waals surface area (Å²) in [4.78, 5) is 67.7. The van der Waals surface area contributed by atoms with E-state index in [1.807, 2.05) is 13.8 Å². The number of fused-ring (bicyclic) bond motifs is 2. The fourth-order valence-electron chi connectivity index (χ4n) is 7.00. The molecule has 0 saturated heterocycles. The quantitative estimate of drug-likeness (QED) is 0.179. The standard InChI is InChI=1S/C11H16N2O2.C11H16O4.C9H12N2O2.C7H12O/c1-4-15-10(14)8-7-5-6-11(2,3)9(7)13-12-8;1-4-15-10(14)8(12)7-5-6-11(2,3)9(7)13;1-9(2)4-3-5-6(8(12)13)10-11-7(5)9;1-7(2)5-3-4-6(7)8/h4-6H2,1-3H3,(H,12,13);7H,4-6H2,1-3H3;3-4H2,1-2H3,(H,10,11)(H,12,13);3-5H2,1-2H3. The number of H-pyrrole nitrogens is 2. The van der Waals surface area contributed by atoms with Crippen LogP contribution >= 0.6 is 0 Å². The molecule has 282 valence electrons. The number of carboxylic acid groups (broad SMARTS) is 1. The predicted octanol–water partition coefficient (Wildman–Crippen LogP) is 6.03. The zero-order valence-electron chi connectivity index (χ0n) is 32.0. The second-order valence-corrected chi connectivity index (χ2v) is 16.2. The molecule has 0 bridgehead atoms. The lowest BCUT2D eigenvalue weighted by Gasteiger charge is -2.15. The molecule has 0 aliphatic heterocycles. The number of nitrogens with one attached hydrogen (secondary N) is 2. The van der Waals surface area contributed by atoms with E-state index in [1.165, 1.54) is 0 Å². The summed E-state index contributed by atoms with van der Waals surface area (Å²) in [5.74, 6) is -3.29. The van der Waals surface area contributed by atoms with Gasteiger partial charge in [-0.05, 0) is 65.2 Å². The predicted molar refractivity (Wildman–Crippen MR) is 189 cm³/mol. The second-order valence-electron chi connectivity index (χ2n) is 16.2. The van der Waals surface area contributed by atoms with Gasteiger partial charge >= 0.3 is 17.9 Å². The third-order valence-electron chi connectivity index (χ3n) is 10.6. The van der Waals surface area contributed by atoms with Crippen LogP contribution in [0.4, 0.5) is 0 Å². The first-order valence-electron chi connectivity index (χ1n) is 18.0. The summed E-state index contributed by atoms with van der Waals surface area (Å²) in [5, 5.41) is 22.5. The average Bonchev–Trinajstić information content (AvgIpc) is 3.87. The van der Waals surface area contributed by atoms with Crippen LogP contribution in [0.15, 0.2) is 0 Å². The molecule has 4 aliphatic carbocycles. The van der Waals surface area contributed by atoms with Crippen molar-refractivity contribution in [2.45, 2.75) is 138 Å². The molecule has 51 heavy (non-hydrogen) atoms. The molecule has 0 aromatic carbocycles. The van der Waals surface area contributed by atoms with Crippen molar-refractivity contribution in [2.75, 3.05) is 13.2 Å². The highest BCUT2D eigenvalue weighted by molar-refractivity contribution is 6.38. The lowest BCUT2D eigenvalue weighted by molar-refractivity contribution is -0.156. The minimum absolute atomic E-state index is 0.0139. The van der Waals surface area contributed by atoms with Crippen molar-refractivity contribution in [1.29, 1.82) is 0 Å². The van der Waals surface area contributed by atoms with E-state index in [4.69, 9.17) is 9.84 Å². The van der Waals surface area contributed by atoms with Crippen LogP contribution in [0.3, 0.4) is 0 Å². The number of ether oxygens (including phenoxy) is 2. The van der Waals surface area contributed by atoms with Gasteiger partial charge in [0.25, 0.3) is 0 Å². The van der Waals surface area contributed by atoms with E-state index < -0.39 is 29.1 Å². The monoisotopic (exact) mass is 712 g/mol. The number of carboxylic acids is 1. The molecule has 6 rings (SSSR count). The van der Waals surface area contributed by atoms with E-state index in [-0.39, 0.29) is 40.3 Å². The maximum atomic E-state index is 11.7. The number of ketones is 3. The van der Waals surface area contributed by atoms with Gasteiger partial charge in [0.05, 0.1) is 19.1 Å². The summed E-state index contributed by atoms with van der Waals surface area (Å²) >= 11 is 0. The fraction of sp³-hybridized carbons (Fsp3) is 0.684. The topological polar surface area (TPSA) is 198 Å². The first-order valence-corrected chi connectivity index (χ1v) is 18.0. The van der Waals surface area contributed by atoms with Crippen LogP contribution < -0.4 is 0 Å². The summed E-state index contributed by atoms with van der Waals surface area (Å²) in [6.07, 6.45) is 7.91. The molecule has 0 spiro atoms. The van der Waals surface area contributed by atoms with E-state index >= 15 is 0 Å².